The average Bonchev–Trinajstić information content (AvgIpc) is 2.09. The number of nitrogens with zero attached hydrogens (tertiary/aromatic N) is 1. The van der Waals surface area contributed by atoms with Gasteiger partial charge in [-0.3, -0.25) is 0 Å². The molecule has 0 aliphatic carbocycles. The molecule has 3 heteroatoms. The van der Waals surface area contributed by atoms with Crippen molar-refractivity contribution in [2.75, 3.05) is 21.2 Å². The summed E-state index contributed by atoms with van der Waals surface area (Å²) >= 11 is 0. The molecule has 15 heavy (non-hydrogen) atoms. The van der Waals surface area contributed by atoms with Crippen molar-refractivity contribution in [1.29, 1.82) is 0 Å². The molecule has 1 aromatic rings. The SMILES string of the molecule is COB(c1c(C)cc(C)cc1C)N(C)C. The van der Waals surface area contributed by atoms with E-state index in [0.717, 1.165) is 0 Å². The van der Waals surface area contributed by atoms with Crippen LogP contribution in [0.25, 0.3) is 0 Å². The van der Waals surface area contributed by atoms with Crippen molar-refractivity contribution in [3.8, 4) is 0 Å². The van der Waals surface area contributed by atoms with Gasteiger partial charge in [0.05, 0.1) is 0 Å². The van der Waals surface area contributed by atoms with Crippen LogP contribution in [0.1, 0.15) is 16.7 Å². The number of aryl methyl sites for hydroxylation is 3. The smallest absolute Gasteiger partial charge is 0.418 e. The summed E-state index contributed by atoms with van der Waals surface area (Å²) in [5.74, 6) is 0. The zero-order valence-electron chi connectivity index (χ0n) is 10.6. The first kappa shape index (κ1) is 12.3. The Morgan fingerprint density at radius 3 is 1.87 bits per heavy atom. The van der Waals surface area contributed by atoms with Gasteiger partial charge in [-0.25, -0.2) is 0 Å². The van der Waals surface area contributed by atoms with E-state index in [4.69, 9.17) is 4.65 Å². The average molecular weight is 205 g/mol. The summed E-state index contributed by atoms with van der Waals surface area (Å²) in [5.41, 5.74) is 5.19. The Balaban J connectivity index is 3.23. The van der Waals surface area contributed by atoms with Crippen LogP contribution in [0.3, 0.4) is 0 Å². The normalized spacial score (nSPS) is 10.9. The number of benzene rings is 1. The monoisotopic (exact) mass is 205 g/mol. The maximum Gasteiger partial charge on any atom is 0.418 e. The third-order valence-corrected chi connectivity index (χ3v) is 2.68. The number of hydrogen-bond acceptors (Lipinski definition) is 2. The lowest BCUT2D eigenvalue weighted by Gasteiger charge is -2.22. The van der Waals surface area contributed by atoms with Crippen LogP contribution in [0.5, 0.6) is 0 Å². The van der Waals surface area contributed by atoms with Crippen LogP contribution in [0.4, 0.5) is 0 Å². The molecule has 0 aliphatic rings. The van der Waals surface area contributed by atoms with Crippen molar-refractivity contribution in [2.24, 2.45) is 0 Å². The number of hydrogen-bond donors (Lipinski definition) is 0. The molecule has 1 rings (SSSR count). The van der Waals surface area contributed by atoms with E-state index in [-0.39, 0.29) is 7.05 Å². The minimum atomic E-state index is 0.0469. The Labute approximate surface area is 93.4 Å². The molecule has 0 fully saturated rings. The molecule has 0 atom stereocenters. The zero-order chi connectivity index (χ0) is 11.6. The Morgan fingerprint density at radius 1 is 1.07 bits per heavy atom. The topological polar surface area (TPSA) is 12.5 Å². The molecule has 0 unspecified atom stereocenters. The zero-order valence-corrected chi connectivity index (χ0v) is 10.6. The van der Waals surface area contributed by atoms with Gasteiger partial charge in [0.2, 0.25) is 0 Å². The quantitative estimate of drug-likeness (QED) is 0.693. The first-order valence-electron chi connectivity index (χ1n) is 5.24. The predicted molar refractivity (Wildman–Crippen MR) is 66.7 cm³/mol. The van der Waals surface area contributed by atoms with Gasteiger partial charge in [0.15, 0.2) is 0 Å². The molecule has 1 aromatic carbocycles. The van der Waals surface area contributed by atoms with Crippen LogP contribution in [0, 0.1) is 20.8 Å². The van der Waals surface area contributed by atoms with Gasteiger partial charge >= 0.3 is 7.05 Å². The van der Waals surface area contributed by atoms with E-state index in [1.54, 1.807) is 7.11 Å². The fraction of sp³-hybridized carbons (Fsp3) is 0.500. The minimum Gasteiger partial charge on any atom is -0.420 e. The molecule has 0 aromatic heterocycles. The first-order valence-corrected chi connectivity index (χ1v) is 5.24. The molecule has 0 amide bonds. The highest BCUT2D eigenvalue weighted by Gasteiger charge is 2.24. The summed E-state index contributed by atoms with van der Waals surface area (Å²) in [7, 11) is 5.87. The molecule has 0 heterocycles. The van der Waals surface area contributed by atoms with Gasteiger partial charge in [-0.1, -0.05) is 28.8 Å². The number of rotatable bonds is 3. The molecular formula is C12H20BNO. The van der Waals surface area contributed by atoms with Gasteiger partial charge in [-0.2, -0.15) is 0 Å². The van der Waals surface area contributed by atoms with Crippen molar-refractivity contribution in [3.63, 3.8) is 0 Å². The molecule has 0 radical (unpaired) electrons. The molecule has 0 saturated carbocycles. The van der Waals surface area contributed by atoms with Crippen LogP contribution >= 0.6 is 0 Å². The van der Waals surface area contributed by atoms with E-state index < -0.39 is 0 Å². The van der Waals surface area contributed by atoms with Gasteiger partial charge in [0.1, 0.15) is 0 Å². The van der Waals surface area contributed by atoms with E-state index >= 15 is 0 Å². The highest BCUT2D eigenvalue weighted by Crippen LogP contribution is 2.08. The fourth-order valence-electron chi connectivity index (χ4n) is 2.17. The fourth-order valence-corrected chi connectivity index (χ4v) is 2.17. The third-order valence-electron chi connectivity index (χ3n) is 2.68. The molecule has 0 spiro atoms. The van der Waals surface area contributed by atoms with Crippen LogP contribution in [0.2, 0.25) is 0 Å². The van der Waals surface area contributed by atoms with Crippen molar-refractivity contribution < 1.29 is 4.65 Å². The molecule has 0 N–H and O–H groups in total. The molecule has 0 aliphatic heterocycles. The molecular weight excluding hydrogens is 185 g/mol. The maximum atomic E-state index is 5.53. The summed E-state index contributed by atoms with van der Waals surface area (Å²) in [6.45, 7) is 6.41. The van der Waals surface area contributed by atoms with Crippen molar-refractivity contribution >= 4 is 12.5 Å². The minimum absolute atomic E-state index is 0.0469. The van der Waals surface area contributed by atoms with Gasteiger partial charge in [0, 0.05) is 7.11 Å². The van der Waals surface area contributed by atoms with Gasteiger partial charge in [-0.15, -0.1) is 0 Å². The Morgan fingerprint density at radius 2 is 1.53 bits per heavy atom. The summed E-state index contributed by atoms with van der Waals surface area (Å²) in [6, 6.07) is 4.41. The summed E-state index contributed by atoms with van der Waals surface area (Å²) in [5, 5.41) is 0. The molecule has 0 bridgehead atoms. The van der Waals surface area contributed by atoms with Crippen molar-refractivity contribution in [2.45, 2.75) is 20.8 Å². The van der Waals surface area contributed by atoms with Crippen LogP contribution < -0.4 is 5.46 Å². The molecule has 2 nitrogen and oxygen atoms in total. The second-order valence-electron chi connectivity index (χ2n) is 4.36. The van der Waals surface area contributed by atoms with E-state index in [9.17, 15) is 0 Å². The van der Waals surface area contributed by atoms with Gasteiger partial charge in [-0.05, 0) is 40.3 Å². The van der Waals surface area contributed by atoms with Crippen LogP contribution in [-0.4, -0.2) is 33.1 Å². The Hall–Kier alpha value is -0.795. The van der Waals surface area contributed by atoms with Crippen molar-refractivity contribution in [1.82, 2.24) is 4.81 Å². The van der Waals surface area contributed by atoms with Crippen LogP contribution in [-0.2, 0) is 4.65 Å². The first-order chi connectivity index (χ1) is 6.97. The largest absolute Gasteiger partial charge is 0.420 e. The highest BCUT2D eigenvalue weighted by molar-refractivity contribution is 6.65. The lowest BCUT2D eigenvalue weighted by Crippen LogP contribution is -2.48. The second kappa shape index (κ2) is 4.82. The van der Waals surface area contributed by atoms with E-state index in [2.05, 4.69) is 37.7 Å². The summed E-state index contributed by atoms with van der Waals surface area (Å²) in [4.78, 5) is 2.09. The third kappa shape index (κ3) is 2.61. The van der Waals surface area contributed by atoms with Gasteiger partial charge in [0.25, 0.3) is 0 Å². The Kier molecular flexibility index (Phi) is 3.94. The van der Waals surface area contributed by atoms with Crippen LogP contribution in [0.15, 0.2) is 12.1 Å². The second-order valence-corrected chi connectivity index (χ2v) is 4.36. The standard InChI is InChI=1S/C12H20BNO/c1-9-7-10(2)12(11(3)8-9)13(15-6)14(4)5/h7-8H,1-6H3. The molecule has 0 saturated heterocycles. The lowest BCUT2D eigenvalue weighted by atomic mass is 9.67. The maximum absolute atomic E-state index is 5.53. The van der Waals surface area contributed by atoms with Gasteiger partial charge < -0.3 is 9.47 Å². The van der Waals surface area contributed by atoms with E-state index in [1.807, 2.05) is 14.1 Å². The Bertz CT molecular complexity index is 326. The lowest BCUT2D eigenvalue weighted by molar-refractivity contribution is 0.375. The summed E-state index contributed by atoms with van der Waals surface area (Å²) in [6.07, 6.45) is 0. The van der Waals surface area contributed by atoms with E-state index in [1.165, 1.54) is 22.2 Å². The van der Waals surface area contributed by atoms with E-state index in [0.29, 0.717) is 0 Å². The highest BCUT2D eigenvalue weighted by atomic mass is 16.4. The van der Waals surface area contributed by atoms with Crippen molar-refractivity contribution in [3.05, 3.63) is 28.8 Å². The predicted octanol–water partition coefficient (Wildman–Crippen LogP) is 1.52. The summed E-state index contributed by atoms with van der Waals surface area (Å²) < 4.78 is 5.53. The molecule has 82 valence electrons.